The Morgan fingerprint density at radius 1 is 1.11 bits per heavy atom. The van der Waals surface area contributed by atoms with Crippen LogP contribution in [0.2, 0.25) is 0 Å². The lowest BCUT2D eigenvalue weighted by atomic mass is 9.94. The second kappa shape index (κ2) is 7.34. The van der Waals surface area contributed by atoms with Crippen molar-refractivity contribution in [1.82, 2.24) is 4.90 Å². The number of hydrogen-bond donors (Lipinski definition) is 0. The second-order valence-electron chi connectivity index (χ2n) is 5.50. The average Bonchev–Trinajstić information content (AvgIpc) is 2.45. The van der Waals surface area contributed by atoms with Crippen molar-refractivity contribution in [1.29, 1.82) is 0 Å². The molecule has 2 heteroatoms. The van der Waals surface area contributed by atoms with Gasteiger partial charge in [0.1, 0.15) is 5.75 Å². The fourth-order valence-corrected chi connectivity index (χ4v) is 2.44. The Labute approximate surface area is 117 Å². The third kappa shape index (κ3) is 4.71. The molecule has 0 spiro atoms. The predicted molar refractivity (Wildman–Crippen MR) is 81.6 cm³/mol. The van der Waals surface area contributed by atoms with Gasteiger partial charge in [-0.2, -0.15) is 0 Å². The Bertz CT molecular complexity index is 406. The minimum Gasteiger partial charge on any atom is -0.494 e. The monoisotopic (exact) mass is 259 g/mol. The van der Waals surface area contributed by atoms with Gasteiger partial charge in [-0.1, -0.05) is 18.2 Å². The van der Waals surface area contributed by atoms with Gasteiger partial charge in [0.15, 0.2) is 0 Å². The van der Waals surface area contributed by atoms with E-state index < -0.39 is 0 Å². The van der Waals surface area contributed by atoms with Crippen LogP contribution in [0, 0.1) is 0 Å². The van der Waals surface area contributed by atoms with Crippen LogP contribution in [-0.4, -0.2) is 32.1 Å². The maximum atomic E-state index is 5.75. The molecule has 0 unspecified atom stereocenters. The van der Waals surface area contributed by atoms with Gasteiger partial charge in [0.05, 0.1) is 6.61 Å². The molecule has 0 radical (unpaired) electrons. The van der Waals surface area contributed by atoms with E-state index in [1.165, 1.54) is 36.8 Å². The molecule has 0 amide bonds. The van der Waals surface area contributed by atoms with Gasteiger partial charge in [-0.15, -0.1) is 0 Å². The van der Waals surface area contributed by atoms with Crippen molar-refractivity contribution in [2.24, 2.45) is 0 Å². The summed E-state index contributed by atoms with van der Waals surface area (Å²) < 4.78 is 5.75. The summed E-state index contributed by atoms with van der Waals surface area (Å²) in [4.78, 5) is 2.18. The third-order valence-electron chi connectivity index (χ3n) is 3.53. The van der Waals surface area contributed by atoms with Gasteiger partial charge in [-0.25, -0.2) is 0 Å². The topological polar surface area (TPSA) is 12.5 Å². The number of rotatable bonds is 6. The molecule has 1 aliphatic rings. The average molecular weight is 259 g/mol. The molecular weight excluding hydrogens is 234 g/mol. The lowest BCUT2D eigenvalue weighted by Gasteiger charge is -2.14. The lowest BCUT2D eigenvalue weighted by Crippen LogP contribution is -2.15. The van der Waals surface area contributed by atoms with Gasteiger partial charge in [-0.05, 0) is 69.5 Å². The first kappa shape index (κ1) is 14.1. The molecule has 2 rings (SSSR count). The van der Waals surface area contributed by atoms with Crippen molar-refractivity contribution in [3.05, 3.63) is 35.9 Å². The molecule has 1 aromatic rings. The molecule has 1 aliphatic carbocycles. The fourth-order valence-electron chi connectivity index (χ4n) is 2.44. The SMILES string of the molecule is CN(C)CCCOc1ccc(C2=CCCCC2)cc1. The molecule has 0 N–H and O–H groups in total. The van der Waals surface area contributed by atoms with Gasteiger partial charge in [0.25, 0.3) is 0 Å². The highest BCUT2D eigenvalue weighted by Gasteiger charge is 2.06. The van der Waals surface area contributed by atoms with Gasteiger partial charge >= 0.3 is 0 Å². The van der Waals surface area contributed by atoms with Crippen molar-refractivity contribution in [3.63, 3.8) is 0 Å². The maximum Gasteiger partial charge on any atom is 0.119 e. The molecule has 0 saturated heterocycles. The van der Waals surface area contributed by atoms with Gasteiger partial charge in [-0.3, -0.25) is 0 Å². The molecule has 104 valence electrons. The molecule has 2 nitrogen and oxygen atoms in total. The smallest absolute Gasteiger partial charge is 0.119 e. The van der Waals surface area contributed by atoms with Crippen LogP contribution in [0.1, 0.15) is 37.7 Å². The molecular formula is C17H25NO. The minimum atomic E-state index is 0.792. The Hall–Kier alpha value is -1.28. The first-order valence-electron chi connectivity index (χ1n) is 7.33. The maximum absolute atomic E-state index is 5.75. The summed E-state index contributed by atoms with van der Waals surface area (Å²) >= 11 is 0. The molecule has 0 atom stereocenters. The van der Waals surface area contributed by atoms with E-state index in [0.717, 1.165) is 25.3 Å². The largest absolute Gasteiger partial charge is 0.494 e. The van der Waals surface area contributed by atoms with Crippen molar-refractivity contribution in [2.45, 2.75) is 32.1 Å². The van der Waals surface area contributed by atoms with Crippen molar-refractivity contribution in [3.8, 4) is 5.75 Å². The second-order valence-corrected chi connectivity index (χ2v) is 5.50. The van der Waals surface area contributed by atoms with Crippen molar-refractivity contribution in [2.75, 3.05) is 27.2 Å². The summed E-state index contributed by atoms with van der Waals surface area (Å²) in [6.07, 6.45) is 8.59. The van der Waals surface area contributed by atoms with E-state index in [9.17, 15) is 0 Å². The van der Waals surface area contributed by atoms with Crippen LogP contribution in [0.15, 0.2) is 30.3 Å². The van der Waals surface area contributed by atoms with Crippen LogP contribution >= 0.6 is 0 Å². The Kier molecular flexibility index (Phi) is 5.46. The molecule has 0 aromatic heterocycles. The van der Waals surface area contributed by atoms with E-state index in [2.05, 4.69) is 49.3 Å². The number of allylic oxidation sites excluding steroid dienone is 2. The van der Waals surface area contributed by atoms with Crippen molar-refractivity contribution < 1.29 is 4.74 Å². The summed E-state index contributed by atoms with van der Waals surface area (Å²) in [5.41, 5.74) is 2.87. The number of hydrogen-bond acceptors (Lipinski definition) is 2. The van der Waals surface area contributed by atoms with E-state index in [1.807, 2.05) is 0 Å². The lowest BCUT2D eigenvalue weighted by molar-refractivity contribution is 0.281. The van der Waals surface area contributed by atoms with E-state index >= 15 is 0 Å². The van der Waals surface area contributed by atoms with Gasteiger partial charge < -0.3 is 9.64 Å². The molecule has 0 heterocycles. The normalized spacial score (nSPS) is 15.4. The zero-order chi connectivity index (χ0) is 13.5. The summed E-state index contributed by atoms with van der Waals surface area (Å²) in [5.74, 6) is 0.985. The van der Waals surface area contributed by atoms with Crippen LogP contribution < -0.4 is 4.74 Å². The molecule has 0 aliphatic heterocycles. The first-order chi connectivity index (χ1) is 9.25. The molecule has 0 fully saturated rings. The molecule has 0 bridgehead atoms. The van der Waals surface area contributed by atoms with E-state index in [0.29, 0.717) is 0 Å². The minimum absolute atomic E-state index is 0.792. The van der Waals surface area contributed by atoms with Crippen LogP contribution in [-0.2, 0) is 0 Å². The zero-order valence-electron chi connectivity index (χ0n) is 12.2. The Balaban J connectivity index is 1.82. The van der Waals surface area contributed by atoms with Crippen LogP contribution in [0.3, 0.4) is 0 Å². The van der Waals surface area contributed by atoms with E-state index in [1.54, 1.807) is 0 Å². The quantitative estimate of drug-likeness (QED) is 0.717. The fraction of sp³-hybridized carbons (Fsp3) is 0.529. The zero-order valence-corrected chi connectivity index (χ0v) is 12.2. The Morgan fingerprint density at radius 2 is 1.89 bits per heavy atom. The number of ether oxygens (including phenoxy) is 1. The summed E-state index contributed by atoms with van der Waals surface area (Å²) in [6.45, 7) is 1.87. The van der Waals surface area contributed by atoms with Crippen LogP contribution in [0.25, 0.3) is 5.57 Å². The summed E-state index contributed by atoms with van der Waals surface area (Å²) in [5, 5.41) is 0. The van der Waals surface area contributed by atoms with E-state index in [4.69, 9.17) is 4.74 Å². The standard InChI is InChI=1S/C17H25NO/c1-18(2)13-6-14-19-17-11-9-16(10-12-17)15-7-4-3-5-8-15/h7,9-12H,3-6,8,13-14H2,1-2H3. The highest BCUT2D eigenvalue weighted by molar-refractivity contribution is 5.66. The highest BCUT2D eigenvalue weighted by Crippen LogP contribution is 2.27. The summed E-state index contributed by atoms with van der Waals surface area (Å²) in [6, 6.07) is 8.58. The van der Waals surface area contributed by atoms with Gasteiger partial charge in [0.2, 0.25) is 0 Å². The third-order valence-corrected chi connectivity index (χ3v) is 3.53. The molecule has 0 saturated carbocycles. The summed E-state index contributed by atoms with van der Waals surface area (Å²) in [7, 11) is 4.18. The Morgan fingerprint density at radius 3 is 2.53 bits per heavy atom. The highest BCUT2D eigenvalue weighted by atomic mass is 16.5. The van der Waals surface area contributed by atoms with E-state index in [-0.39, 0.29) is 0 Å². The van der Waals surface area contributed by atoms with Gasteiger partial charge in [0, 0.05) is 6.54 Å². The number of benzene rings is 1. The van der Waals surface area contributed by atoms with Crippen LogP contribution in [0.4, 0.5) is 0 Å². The van der Waals surface area contributed by atoms with Crippen LogP contribution in [0.5, 0.6) is 5.75 Å². The number of nitrogens with zero attached hydrogens (tertiary/aromatic N) is 1. The predicted octanol–water partition coefficient (Wildman–Crippen LogP) is 3.97. The molecule has 19 heavy (non-hydrogen) atoms. The van der Waals surface area contributed by atoms with Crippen molar-refractivity contribution >= 4 is 5.57 Å². The first-order valence-corrected chi connectivity index (χ1v) is 7.33. The molecule has 1 aromatic carbocycles.